The van der Waals surface area contributed by atoms with E-state index < -0.39 is 28.5 Å². The van der Waals surface area contributed by atoms with Crippen LogP contribution in [0.2, 0.25) is 0 Å². The third kappa shape index (κ3) is 8.54. The summed E-state index contributed by atoms with van der Waals surface area (Å²) < 4.78 is 35.2. The summed E-state index contributed by atoms with van der Waals surface area (Å²) in [6, 6.07) is 29.4. The van der Waals surface area contributed by atoms with Gasteiger partial charge in [-0.1, -0.05) is 91.3 Å². The highest BCUT2D eigenvalue weighted by Gasteiger charge is 2.35. The van der Waals surface area contributed by atoms with Crippen molar-refractivity contribution in [1.82, 2.24) is 10.2 Å². The number of anilines is 1. The maximum absolute atomic E-state index is 14.7. The molecule has 2 atom stereocenters. The molecule has 0 heterocycles. The van der Waals surface area contributed by atoms with E-state index in [4.69, 9.17) is 4.74 Å². The fourth-order valence-corrected chi connectivity index (χ4v) is 6.55. The average Bonchev–Trinajstić information content (AvgIpc) is 3.06. The number of methoxy groups -OCH3 is 1. The van der Waals surface area contributed by atoms with Gasteiger partial charge in [0.1, 0.15) is 18.3 Å². The highest BCUT2D eigenvalue weighted by molar-refractivity contribution is 7.92. The Labute approximate surface area is 273 Å². The lowest BCUT2D eigenvalue weighted by Crippen LogP contribution is -2.54. The fraction of sp³-hybridized carbons (Fsp3) is 0.297. The van der Waals surface area contributed by atoms with Crippen LogP contribution in [0.4, 0.5) is 5.69 Å². The van der Waals surface area contributed by atoms with E-state index in [9.17, 15) is 18.0 Å². The monoisotopic (exact) mass is 641 g/mol. The molecule has 0 spiro atoms. The van der Waals surface area contributed by atoms with E-state index in [2.05, 4.69) is 5.32 Å². The number of nitrogens with zero attached hydrogens (tertiary/aromatic N) is 2. The van der Waals surface area contributed by atoms with E-state index in [0.29, 0.717) is 12.2 Å². The van der Waals surface area contributed by atoms with Crippen molar-refractivity contribution in [2.75, 3.05) is 18.0 Å². The van der Waals surface area contributed by atoms with Gasteiger partial charge in [0.05, 0.1) is 17.7 Å². The molecule has 8 nitrogen and oxygen atoms in total. The summed E-state index contributed by atoms with van der Waals surface area (Å²) in [4.78, 5) is 30.2. The largest absolute Gasteiger partial charge is 0.495 e. The number of carbonyl (C=O) groups excluding carboxylic acids is 2. The Kier molecular flexibility index (Phi) is 11.6. The minimum atomic E-state index is -4.23. The average molecular weight is 642 g/mol. The van der Waals surface area contributed by atoms with Gasteiger partial charge in [-0.15, -0.1) is 0 Å². The molecule has 0 aliphatic rings. The molecule has 2 amide bonds. The first-order valence-electron chi connectivity index (χ1n) is 15.4. The Morgan fingerprint density at radius 3 is 2.04 bits per heavy atom. The zero-order valence-electron chi connectivity index (χ0n) is 27.1. The summed E-state index contributed by atoms with van der Waals surface area (Å²) in [5.74, 6) is -0.522. The lowest BCUT2D eigenvalue weighted by molar-refractivity contribution is -0.140. The molecule has 242 valence electrons. The Morgan fingerprint density at radius 1 is 0.826 bits per heavy atom. The van der Waals surface area contributed by atoms with E-state index >= 15 is 0 Å². The van der Waals surface area contributed by atoms with Crippen molar-refractivity contribution in [3.05, 3.63) is 125 Å². The second kappa shape index (κ2) is 15.6. The molecule has 0 aliphatic carbocycles. The summed E-state index contributed by atoms with van der Waals surface area (Å²) in [6.07, 6.45) is 0.964. The smallest absolute Gasteiger partial charge is 0.264 e. The predicted octanol–water partition coefficient (Wildman–Crippen LogP) is 6.06. The lowest BCUT2D eigenvalue weighted by Gasteiger charge is -2.34. The highest BCUT2D eigenvalue weighted by atomic mass is 32.2. The van der Waals surface area contributed by atoms with Gasteiger partial charge in [0.25, 0.3) is 10.0 Å². The van der Waals surface area contributed by atoms with E-state index in [1.165, 1.54) is 24.1 Å². The minimum absolute atomic E-state index is 0.0341. The Morgan fingerprint density at radius 2 is 1.43 bits per heavy atom. The topological polar surface area (TPSA) is 96.0 Å². The van der Waals surface area contributed by atoms with Gasteiger partial charge in [-0.2, -0.15) is 0 Å². The number of aryl methyl sites for hydroxylation is 2. The number of ether oxygens (including phenoxy) is 1. The SMILES string of the molecule is CC[C@@H](C)NC(=O)[C@H](Cc1ccccc1)N(Cc1ccc(C)cc1)C(=O)CN(c1cc(C)ccc1OC)S(=O)(=O)c1ccccc1. The third-order valence-electron chi connectivity index (χ3n) is 7.96. The zero-order chi connectivity index (χ0) is 33.3. The summed E-state index contributed by atoms with van der Waals surface area (Å²) in [6.45, 7) is 7.28. The van der Waals surface area contributed by atoms with Gasteiger partial charge in [-0.05, 0) is 68.1 Å². The van der Waals surface area contributed by atoms with Crippen molar-refractivity contribution in [3.63, 3.8) is 0 Å². The molecule has 0 saturated carbocycles. The highest BCUT2D eigenvalue weighted by Crippen LogP contribution is 2.34. The second-order valence-corrected chi connectivity index (χ2v) is 13.4. The molecule has 1 N–H and O–H groups in total. The van der Waals surface area contributed by atoms with Gasteiger partial charge in [0.15, 0.2) is 0 Å². The van der Waals surface area contributed by atoms with Gasteiger partial charge < -0.3 is 15.0 Å². The summed E-state index contributed by atoms with van der Waals surface area (Å²) >= 11 is 0. The number of hydrogen-bond acceptors (Lipinski definition) is 5. The second-order valence-electron chi connectivity index (χ2n) is 11.5. The predicted molar refractivity (Wildman–Crippen MR) is 182 cm³/mol. The molecule has 0 unspecified atom stereocenters. The first-order chi connectivity index (χ1) is 22.0. The molecule has 46 heavy (non-hydrogen) atoms. The molecule has 9 heteroatoms. The number of rotatable bonds is 14. The number of nitrogens with one attached hydrogen (secondary N) is 1. The first kappa shape index (κ1) is 34.2. The van der Waals surface area contributed by atoms with Gasteiger partial charge in [0, 0.05) is 19.0 Å². The van der Waals surface area contributed by atoms with Gasteiger partial charge in [0.2, 0.25) is 11.8 Å². The third-order valence-corrected chi connectivity index (χ3v) is 9.73. The molecule has 4 rings (SSSR count). The van der Waals surface area contributed by atoms with Crippen LogP contribution in [-0.4, -0.2) is 50.9 Å². The van der Waals surface area contributed by atoms with Crippen LogP contribution in [0.1, 0.15) is 42.5 Å². The molecule has 0 aromatic heterocycles. The van der Waals surface area contributed by atoms with Crippen molar-refractivity contribution in [3.8, 4) is 5.75 Å². The normalized spacial score (nSPS) is 12.5. The summed E-state index contributed by atoms with van der Waals surface area (Å²) in [5.41, 5.74) is 3.78. The Hall–Kier alpha value is -4.63. The molecule has 0 radical (unpaired) electrons. The van der Waals surface area contributed by atoms with Crippen LogP contribution in [0.5, 0.6) is 5.75 Å². The molecule has 0 saturated heterocycles. The summed E-state index contributed by atoms with van der Waals surface area (Å²) in [7, 11) is -2.77. The Balaban J connectivity index is 1.84. The van der Waals surface area contributed by atoms with Crippen molar-refractivity contribution in [2.45, 2.75) is 64.1 Å². The molecular formula is C37H43N3O5S. The van der Waals surface area contributed by atoms with E-state index in [0.717, 1.165) is 26.6 Å². The molecular weight excluding hydrogens is 598 g/mol. The summed E-state index contributed by atoms with van der Waals surface area (Å²) in [5, 5.41) is 3.06. The zero-order valence-corrected chi connectivity index (χ0v) is 28.0. The van der Waals surface area contributed by atoms with Crippen molar-refractivity contribution in [2.24, 2.45) is 0 Å². The van der Waals surface area contributed by atoms with Crippen LogP contribution in [0.15, 0.2) is 108 Å². The number of benzene rings is 4. The van der Waals surface area contributed by atoms with Crippen LogP contribution in [0.3, 0.4) is 0 Å². The number of sulfonamides is 1. The lowest BCUT2D eigenvalue weighted by atomic mass is 10.0. The van der Waals surface area contributed by atoms with Gasteiger partial charge >= 0.3 is 0 Å². The molecule has 0 bridgehead atoms. The van der Waals surface area contributed by atoms with Crippen molar-refractivity contribution >= 4 is 27.5 Å². The standard InChI is InChI=1S/C37H43N3O5S/c1-6-29(4)38-37(42)34(24-30-13-9-7-10-14-30)39(25-31-20-17-27(2)18-21-31)36(41)26-40(33-23-28(3)19-22-35(33)45-5)46(43,44)32-15-11-8-12-16-32/h7-23,29,34H,6,24-26H2,1-5H3,(H,38,42)/t29-,34+/m1/s1. The van der Waals surface area contributed by atoms with E-state index in [1.807, 2.05) is 88.4 Å². The fourth-order valence-electron chi connectivity index (χ4n) is 5.11. The minimum Gasteiger partial charge on any atom is -0.495 e. The van der Waals surface area contributed by atoms with Crippen LogP contribution >= 0.6 is 0 Å². The van der Waals surface area contributed by atoms with E-state index in [1.54, 1.807) is 30.3 Å². The molecule has 4 aromatic carbocycles. The van der Waals surface area contributed by atoms with Crippen molar-refractivity contribution < 1.29 is 22.7 Å². The molecule has 4 aromatic rings. The molecule has 0 aliphatic heterocycles. The first-order valence-corrected chi connectivity index (χ1v) is 16.9. The van der Waals surface area contributed by atoms with Crippen LogP contribution in [0, 0.1) is 13.8 Å². The maximum Gasteiger partial charge on any atom is 0.264 e. The number of amides is 2. The number of hydrogen-bond donors (Lipinski definition) is 1. The quantitative estimate of drug-likeness (QED) is 0.181. The Bertz CT molecular complexity index is 1710. The van der Waals surface area contributed by atoms with Crippen LogP contribution < -0.4 is 14.4 Å². The maximum atomic E-state index is 14.7. The molecule has 0 fully saturated rings. The van der Waals surface area contributed by atoms with Crippen molar-refractivity contribution in [1.29, 1.82) is 0 Å². The van der Waals surface area contributed by atoms with Crippen LogP contribution in [0.25, 0.3) is 0 Å². The van der Waals surface area contributed by atoms with Gasteiger partial charge in [-0.3, -0.25) is 13.9 Å². The van der Waals surface area contributed by atoms with Gasteiger partial charge in [-0.25, -0.2) is 8.42 Å². The van der Waals surface area contributed by atoms with Crippen LogP contribution in [-0.2, 0) is 32.6 Å². The van der Waals surface area contributed by atoms with E-state index in [-0.39, 0.29) is 35.5 Å². The number of carbonyl (C=O) groups is 2.